The lowest BCUT2D eigenvalue weighted by Gasteiger charge is -2.09. The Hall–Kier alpha value is -2.04. The standard InChI is InChI=1S/C15H23N5/c1-5-7-16-15-9-13(6-8-17-15)18-10-14-11(2)19-20(4)12(14)3/h6,8-9H,5,7,10H2,1-4H3,(H2,16,17,18). The summed E-state index contributed by atoms with van der Waals surface area (Å²) in [7, 11) is 1.98. The molecule has 0 aliphatic rings. The zero-order valence-electron chi connectivity index (χ0n) is 12.7. The second kappa shape index (κ2) is 6.41. The molecule has 2 heterocycles. The van der Waals surface area contributed by atoms with Crippen LogP contribution in [0.4, 0.5) is 11.5 Å². The number of nitrogens with one attached hydrogen (secondary N) is 2. The van der Waals surface area contributed by atoms with Gasteiger partial charge in [-0.05, 0) is 26.3 Å². The summed E-state index contributed by atoms with van der Waals surface area (Å²) in [5, 5.41) is 11.2. The summed E-state index contributed by atoms with van der Waals surface area (Å²) < 4.78 is 1.92. The number of hydrogen-bond donors (Lipinski definition) is 2. The number of nitrogens with zero attached hydrogens (tertiary/aromatic N) is 3. The van der Waals surface area contributed by atoms with E-state index in [9.17, 15) is 0 Å². The van der Waals surface area contributed by atoms with Crippen LogP contribution in [0.5, 0.6) is 0 Å². The first-order valence-electron chi connectivity index (χ1n) is 7.04. The van der Waals surface area contributed by atoms with Crippen LogP contribution in [-0.4, -0.2) is 21.3 Å². The van der Waals surface area contributed by atoms with E-state index in [1.54, 1.807) is 0 Å². The molecule has 0 aromatic carbocycles. The van der Waals surface area contributed by atoms with Crippen molar-refractivity contribution in [2.24, 2.45) is 7.05 Å². The van der Waals surface area contributed by atoms with E-state index in [0.29, 0.717) is 0 Å². The Bertz CT molecular complexity index is 574. The molecule has 2 rings (SSSR count). The maximum Gasteiger partial charge on any atom is 0.127 e. The number of aryl methyl sites for hydroxylation is 2. The van der Waals surface area contributed by atoms with Gasteiger partial charge in [-0.15, -0.1) is 0 Å². The molecule has 2 aromatic heterocycles. The predicted molar refractivity (Wildman–Crippen MR) is 83.0 cm³/mol. The first-order valence-corrected chi connectivity index (χ1v) is 7.04. The first kappa shape index (κ1) is 14.4. The van der Waals surface area contributed by atoms with Crippen LogP contribution >= 0.6 is 0 Å². The van der Waals surface area contributed by atoms with Crippen molar-refractivity contribution in [1.82, 2.24) is 14.8 Å². The fourth-order valence-electron chi connectivity index (χ4n) is 2.15. The summed E-state index contributed by atoms with van der Waals surface area (Å²) in [5.41, 5.74) is 4.61. The van der Waals surface area contributed by atoms with Crippen LogP contribution in [0, 0.1) is 13.8 Å². The molecule has 0 aliphatic heterocycles. The molecule has 5 nitrogen and oxygen atoms in total. The van der Waals surface area contributed by atoms with E-state index in [1.165, 1.54) is 11.3 Å². The van der Waals surface area contributed by atoms with Gasteiger partial charge in [0.1, 0.15) is 5.82 Å². The summed E-state index contributed by atoms with van der Waals surface area (Å²) in [6, 6.07) is 4.02. The molecular formula is C15H23N5. The smallest absolute Gasteiger partial charge is 0.127 e. The largest absolute Gasteiger partial charge is 0.381 e. The quantitative estimate of drug-likeness (QED) is 0.849. The van der Waals surface area contributed by atoms with Gasteiger partial charge < -0.3 is 10.6 Å². The molecule has 2 N–H and O–H groups in total. The third kappa shape index (κ3) is 3.29. The SMILES string of the molecule is CCCNc1cc(NCc2c(C)nn(C)c2C)ccn1. The molecule has 108 valence electrons. The van der Waals surface area contributed by atoms with Crippen LogP contribution < -0.4 is 10.6 Å². The molecule has 2 aromatic rings. The van der Waals surface area contributed by atoms with Crippen LogP contribution in [0.15, 0.2) is 18.3 Å². The number of pyridine rings is 1. The highest BCUT2D eigenvalue weighted by molar-refractivity contribution is 5.52. The van der Waals surface area contributed by atoms with E-state index in [1.807, 2.05) is 37.0 Å². The zero-order valence-corrected chi connectivity index (χ0v) is 12.7. The Morgan fingerprint density at radius 3 is 2.70 bits per heavy atom. The summed E-state index contributed by atoms with van der Waals surface area (Å²) in [4.78, 5) is 4.30. The van der Waals surface area contributed by atoms with Gasteiger partial charge in [-0.3, -0.25) is 4.68 Å². The van der Waals surface area contributed by atoms with E-state index in [4.69, 9.17) is 0 Å². The molecule has 0 unspecified atom stereocenters. The molecule has 0 amide bonds. The molecule has 0 saturated heterocycles. The Balaban J connectivity index is 2.03. The second-order valence-corrected chi connectivity index (χ2v) is 4.98. The van der Waals surface area contributed by atoms with Gasteiger partial charge in [0, 0.05) is 49.3 Å². The van der Waals surface area contributed by atoms with E-state index < -0.39 is 0 Å². The Kier molecular flexibility index (Phi) is 4.61. The Labute approximate surface area is 120 Å². The van der Waals surface area contributed by atoms with Crippen LogP contribution in [-0.2, 0) is 13.6 Å². The average Bonchev–Trinajstić information content (AvgIpc) is 2.68. The lowest BCUT2D eigenvalue weighted by molar-refractivity contribution is 0.730. The van der Waals surface area contributed by atoms with Gasteiger partial charge in [0.15, 0.2) is 0 Å². The molecule has 0 atom stereocenters. The number of rotatable bonds is 6. The summed E-state index contributed by atoms with van der Waals surface area (Å²) in [6.07, 6.45) is 2.91. The van der Waals surface area contributed by atoms with Gasteiger partial charge >= 0.3 is 0 Å². The lowest BCUT2D eigenvalue weighted by atomic mass is 10.2. The van der Waals surface area contributed by atoms with Crippen molar-refractivity contribution in [2.45, 2.75) is 33.7 Å². The number of anilines is 2. The molecule has 0 spiro atoms. The van der Waals surface area contributed by atoms with Crippen molar-refractivity contribution in [3.63, 3.8) is 0 Å². The third-order valence-corrected chi connectivity index (χ3v) is 3.44. The van der Waals surface area contributed by atoms with E-state index in [2.05, 4.69) is 34.6 Å². The van der Waals surface area contributed by atoms with E-state index >= 15 is 0 Å². The summed E-state index contributed by atoms with van der Waals surface area (Å²) in [5.74, 6) is 0.913. The topological polar surface area (TPSA) is 54.8 Å². The van der Waals surface area contributed by atoms with Crippen LogP contribution in [0.3, 0.4) is 0 Å². The maximum atomic E-state index is 4.43. The summed E-state index contributed by atoms with van der Waals surface area (Å²) in [6.45, 7) is 8.01. The van der Waals surface area contributed by atoms with Gasteiger partial charge in [0.25, 0.3) is 0 Å². The first-order chi connectivity index (χ1) is 9.61. The fourth-order valence-corrected chi connectivity index (χ4v) is 2.15. The Morgan fingerprint density at radius 1 is 1.25 bits per heavy atom. The zero-order chi connectivity index (χ0) is 14.5. The van der Waals surface area contributed by atoms with Gasteiger partial charge in [0.05, 0.1) is 5.69 Å². The molecule has 0 aliphatic carbocycles. The highest BCUT2D eigenvalue weighted by Crippen LogP contribution is 2.16. The molecule has 0 fully saturated rings. The third-order valence-electron chi connectivity index (χ3n) is 3.44. The molecule has 5 heteroatoms. The van der Waals surface area contributed by atoms with Crippen molar-refractivity contribution in [2.75, 3.05) is 17.2 Å². The van der Waals surface area contributed by atoms with Crippen LogP contribution in [0.1, 0.15) is 30.3 Å². The number of aromatic nitrogens is 3. The molecule has 20 heavy (non-hydrogen) atoms. The van der Waals surface area contributed by atoms with Gasteiger partial charge in [0.2, 0.25) is 0 Å². The normalized spacial score (nSPS) is 10.6. The van der Waals surface area contributed by atoms with Crippen molar-refractivity contribution in [3.05, 3.63) is 35.3 Å². The van der Waals surface area contributed by atoms with Crippen molar-refractivity contribution in [1.29, 1.82) is 0 Å². The van der Waals surface area contributed by atoms with E-state index in [-0.39, 0.29) is 0 Å². The Morgan fingerprint density at radius 2 is 2.05 bits per heavy atom. The minimum atomic E-state index is 0.780. The maximum absolute atomic E-state index is 4.43. The van der Waals surface area contributed by atoms with Gasteiger partial charge in [-0.25, -0.2) is 4.98 Å². The van der Waals surface area contributed by atoms with Crippen molar-refractivity contribution in [3.8, 4) is 0 Å². The molecule has 0 bridgehead atoms. The van der Waals surface area contributed by atoms with Crippen LogP contribution in [0.2, 0.25) is 0 Å². The minimum absolute atomic E-state index is 0.780. The monoisotopic (exact) mass is 273 g/mol. The molecule has 0 saturated carbocycles. The highest BCUT2D eigenvalue weighted by Gasteiger charge is 2.08. The average molecular weight is 273 g/mol. The summed E-state index contributed by atoms with van der Waals surface area (Å²) >= 11 is 0. The second-order valence-electron chi connectivity index (χ2n) is 4.98. The highest BCUT2D eigenvalue weighted by atomic mass is 15.3. The van der Waals surface area contributed by atoms with Crippen molar-refractivity contribution >= 4 is 11.5 Å². The minimum Gasteiger partial charge on any atom is -0.381 e. The van der Waals surface area contributed by atoms with Crippen LogP contribution in [0.25, 0.3) is 0 Å². The molecule has 0 radical (unpaired) electrons. The molecular weight excluding hydrogens is 250 g/mol. The van der Waals surface area contributed by atoms with Gasteiger partial charge in [-0.2, -0.15) is 5.10 Å². The van der Waals surface area contributed by atoms with Crippen molar-refractivity contribution < 1.29 is 0 Å². The lowest BCUT2D eigenvalue weighted by Crippen LogP contribution is -2.05. The number of hydrogen-bond acceptors (Lipinski definition) is 4. The predicted octanol–water partition coefficient (Wildman–Crippen LogP) is 2.87. The van der Waals surface area contributed by atoms with Gasteiger partial charge in [-0.1, -0.05) is 6.92 Å². The van der Waals surface area contributed by atoms with E-state index in [0.717, 1.165) is 36.7 Å². The fraction of sp³-hybridized carbons (Fsp3) is 0.467.